The Morgan fingerprint density at radius 3 is 0.685 bits per heavy atom. The van der Waals surface area contributed by atoms with Crippen LogP contribution < -0.4 is 7.16 Å². The van der Waals surface area contributed by atoms with Crippen molar-refractivity contribution in [2.75, 3.05) is 0 Å². The molecule has 0 amide bonds. The van der Waals surface area contributed by atoms with Crippen LogP contribution in [0.4, 0.5) is 8.78 Å². The zero-order valence-corrected chi connectivity index (χ0v) is 68.6. The monoisotopic (exact) mass is 1520 g/mol. The first-order chi connectivity index (χ1) is 44.7. The third-order valence-corrected chi connectivity index (χ3v) is 34.8. The molecular weight excluding hydrogens is 1380 g/mol. The predicted molar refractivity (Wildman–Crippen MR) is 409 cm³/mol. The molecule has 0 aliphatic heterocycles. The van der Waals surface area contributed by atoms with Gasteiger partial charge in [0.05, 0.1) is 0 Å². The van der Waals surface area contributed by atoms with Crippen LogP contribution in [0.25, 0.3) is 44.3 Å². The quantitative estimate of drug-likeness (QED) is 0.0288. The average molecular weight is 1520 g/mol. The summed E-state index contributed by atoms with van der Waals surface area (Å²) in [7, 11) is 0. The standard InChI is InChI=1S/C76H118F2N4S2.6CH3.2Sn/c1-5-9-13-17-21-25-29-33-37-41-45-49-57-75(58-50-46-42-38-34-30-26-22-18-14-10-6-2)61-53-55-63-73(81-83-79-63)65(61)67-69(75)71(77)68-66-62(54-56-64-74(66)82-84-80-64)76(70(68)72(67)78,59-51-47-43-39-35-31-27-23-19-15-11-7-3)60-52-48-44-40-36-32-28-24-20-16-12-8-4;;;;;;;;/h53-54H,5-52,57-60H2,1-4H3;6*1H3;;. The van der Waals surface area contributed by atoms with Gasteiger partial charge in [-0.25, -0.2) is 0 Å². The Balaban J connectivity index is 1.32. The summed E-state index contributed by atoms with van der Waals surface area (Å²) in [6.45, 7) is 9.23. The Bertz CT molecular complexity index is 2640. The molecule has 92 heavy (non-hydrogen) atoms. The van der Waals surface area contributed by atoms with Gasteiger partial charge in [-0.2, -0.15) is 0 Å². The van der Waals surface area contributed by atoms with Crippen LogP contribution in [0.15, 0.2) is 12.1 Å². The number of rotatable bonds is 54. The third kappa shape index (κ3) is 21.4. The maximum absolute atomic E-state index is 20.4. The van der Waals surface area contributed by atoms with E-state index < -0.39 is 47.6 Å². The van der Waals surface area contributed by atoms with E-state index in [1.807, 2.05) is 0 Å². The van der Waals surface area contributed by atoms with Gasteiger partial charge in [0.15, 0.2) is 0 Å². The van der Waals surface area contributed by atoms with Crippen molar-refractivity contribution in [3.8, 4) is 22.3 Å². The smallest absolute Gasteiger partial charge is 0.0654 e. The van der Waals surface area contributed by atoms with E-state index in [0.717, 1.165) is 110 Å². The average Bonchev–Trinajstić information content (AvgIpc) is 1.50. The Hall–Kier alpha value is -1.24. The summed E-state index contributed by atoms with van der Waals surface area (Å²) in [6, 6.07) is 5.04. The predicted octanol–water partition coefficient (Wildman–Crippen LogP) is 28.0. The van der Waals surface area contributed by atoms with Gasteiger partial charge in [-0.1, -0.05) is 156 Å². The molecule has 0 bridgehead atoms. The SMILES string of the molecule is CCCCCCCCCCCCCCC1(CCCCCCCCCCCCCC)c2c[c]([Sn]([CH3])([CH3])[CH3])c3nsnc3c2-c2c(F)c3c(c(F)c21)-c1c(c[c]([Sn]([CH3])([CH3])[CH3])c2nsnc12)C3(CCCCCCCCCCCCCC)CCCCCCCCCCCCCC. The van der Waals surface area contributed by atoms with Crippen LogP contribution in [0.2, 0.25) is 29.6 Å². The summed E-state index contributed by atoms with van der Waals surface area (Å²) >= 11 is -3.33. The number of aromatic nitrogens is 4. The van der Waals surface area contributed by atoms with E-state index in [4.69, 9.17) is 17.5 Å². The summed E-state index contributed by atoms with van der Waals surface area (Å²) in [4.78, 5) is 15.0. The fraction of sp³-hybridized carbons (Fsp3) is 0.780. The second-order valence-corrected chi connectivity index (χ2v) is 61.8. The summed E-state index contributed by atoms with van der Waals surface area (Å²) in [6.07, 6.45) is 64.7. The molecule has 3 aromatic carbocycles. The molecule has 0 atom stereocenters. The van der Waals surface area contributed by atoms with Gasteiger partial charge in [0.1, 0.15) is 0 Å². The first kappa shape index (κ1) is 78.1. The van der Waals surface area contributed by atoms with Crippen molar-refractivity contribution in [3.05, 3.63) is 46.0 Å². The van der Waals surface area contributed by atoms with Gasteiger partial charge in [-0.3, -0.25) is 0 Å². The molecule has 518 valence electrons. The van der Waals surface area contributed by atoms with E-state index in [-0.39, 0.29) is 11.6 Å². The number of halogens is 2. The van der Waals surface area contributed by atoms with E-state index in [1.54, 1.807) is 0 Å². The topological polar surface area (TPSA) is 51.6 Å². The first-order valence-corrected chi connectivity index (χ1v) is 61.3. The molecule has 0 N–H and O–H groups in total. The molecular formula is C82H136F2N4S2Sn2. The normalized spacial score (nSPS) is 14.1. The second-order valence-electron chi connectivity index (χ2n) is 32.0. The summed E-state index contributed by atoms with van der Waals surface area (Å²) < 4.78 is 64.4. The van der Waals surface area contributed by atoms with E-state index in [9.17, 15) is 0 Å². The van der Waals surface area contributed by atoms with Crippen molar-refractivity contribution in [2.45, 2.75) is 402 Å². The molecule has 10 heteroatoms. The fourth-order valence-corrected chi connectivity index (χ4v) is 26.9. The van der Waals surface area contributed by atoms with Crippen molar-refractivity contribution >= 4 is 89.4 Å². The number of fused-ring (bicyclic) bond motifs is 10. The fourth-order valence-electron chi connectivity index (χ4n) is 17.0. The van der Waals surface area contributed by atoms with Gasteiger partial charge >= 0.3 is 430 Å². The minimum absolute atomic E-state index is 0.142. The molecule has 0 fully saturated rings. The van der Waals surface area contributed by atoms with Crippen molar-refractivity contribution in [1.82, 2.24) is 17.5 Å². The Labute approximate surface area is 581 Å². The molecule has 2 aliphatic rings. The molecule has 2 aromatic heterocycles. The van der Waals surface area contributed by atoms with Crippen molar-refractivity contribution in [3.63, 3.8) is 0 Å². The second kappa shape index (κ2) is 41.4. The number of hydrogen-bond donors (Lipinski definition) is 0. The molecule has 4 nitrogen and oxygen atoms in total. The minimum atomic E-state index is -2.96. The van der Waals surface area contributed by atoms with Crippen molar-refractivity contribution in [2.24, 2.45) is 0 Å². The van der Waals surface area contributed by atoms with Crippen LogP contribution in [0.1, 0.15) is 384 Å². The molecule has 2 aliphatic carbocycles. The van der Waals surface area contributed by atoms with Crippen LogP contribution in [0.5, 0.6) is 0 Å². The van der Waals surface area contributed by atoms with E-state index in [0.29, 0.717) is 22.3 Å². The molecule has 0 spiro atoms. The van der Waals surface area contributed by atoms with Crippen LogP contribution >= 0.6 is 23.5 Å². The Kier molecular flexibility index (Phi) is 35.1. The molecule has 0 saturated carbocycles. The van der Waals surface area contributed by atoms with Crippen LogP contribution in [0.3, 0.4) is 0 Å². The van der Waals surface area contributed by atoms with Crippen LogP contribution in [-0.2, 0) is 10.8 Å². The van der Waals surface area contributed by atoms with Crippen molar-refractivity contribution < 1.29 is 8.78 Å². The van der Waals surface area contributed by atoms with Crippen LogP contribution in [-0.4, -0.2) is 54.2 Å². The number of benzene rings is 3. The molecule has 0 saturated heterocycles. The van der Waals surface area contributed by atoms with E-state index >= 15 is 8.78 Å². The molecule has 0 radical (unpaired) electrons. The number of nitrogens with zero attached hydrogens (tertiary/aromatic N) is 4. The van der Waals surface area contributed by atoms with Gasteiger partial charge in [-0.15, -0.1) is 0 Å². The summed E-state index contributed by atoms with van der Waals surface area (Å²) in [5.41, 5.74) is 8.89. The van der Waals surface area contributed by atoms with Gasteiger partial charge in [-0.05, 0) is 0 Å². The van der Waals surface area contributed by atoms with E-state index in [1.165, 1.54) is 299 Å². The Morgan fingerprint density at radius 1 is 0.283 bits per heavy atom. The van der Waals surface area contributed by atoms with Gasteiger partial charge in [0.25, 0.3) is 0 Å². The van der Waals surface area contributed by atoms with Crippen LogP contribution in [0, 0.1) is 11.6 Å². The number of hydrogen-bond acceptors (Lipinski definition) is 6. The van der Waals surface area contributed by atoms with E-state index in [2.05, 4.69) is 69.5 Å². The maximum atomic E-state index is 20.4. The van der Waals surface area contributed by atoms with Gasteiger partial charge < -0.3 is 0 Å². The Morgan fingerprint density at radius 2 is 0.478 bits per heavy atom. The summed E-state index contributed by atoms with van der Waals surface area (Å²) in [5, 5.41) is 0. The number of unbranched alkanes of at least 4 members (excludes halogenated alkanes) is 44. The van der Waals surface area contributed by atoms with Crippen molar-refractivity contribution in [1.29, 1.82) is 0 Å². The van der Waals surface area contributed by atoms with Gasteiger partial charge in [0.2, 0.25) is 0 Å². The first-order valence-electron chi connectivity index (χ1n) is 39.9. The zero-order valence-electron chi connectivity index (χ0n) is 61.3. The van der Waals surface area contributed by atoms with Gasteiger partial charge in [0, 0.05) is 0 Å². The summed E-state index contributed by atoms with van der Waals surface area (Å²) in [5.74, 6) is -0.284. The zero-order chi connectivity index (χ0) is 65.7. The molecule has 7 rings (SSSR count). The molecule has 2 heterocycles. The molecule has 5 aromatic rings. The third-order valence-electron chi connectivity index (χ3n) is 22.4. The molecule has 0 unspecified atom stereocenters. The minimum Gasteiger partial charge on any atom is -0.0654 e.